The van der Waals surface area contributed by atoms with Crippen LogP contribution in [0, 0.1) is 22.7 Å². The molecule has 1 amide bonds. The first kappa shape index (κ1) is 84.2. The molecule has 11 atom stereocenters. The molecule has 6 rings (SSSR count). The fourth-order valence-electron chi connectivity index (χ4n) is 13.9. The van der Waals surface area contributed by atoms with Gasteiger partial charge in [-0.25, -0.2) is 14.4 Å². The topological polar surface area (TPSA) is 237 Å². The number of carbonyl (C=O) groups excluding carboxylic acids is 7. The van der Waals surface area contributed by atoms with Gasteiger partial charge in [0, 0.05) is 43.9 Å². The fraction of sp³-hybridized carbons (Fsp3) is 0.483. The van der Waals surface area contributed by atoms with E-state index in [1.54, 1.807) is 90.1 Å². The summed E-state index contributed by atoms with van der Waals surface area (Å²) in [5, 5.41) is 29.2. The minimum atomic E-state index is -2.52. The number of ketones is 1. The lowest BCUT2D eigenvalue weighted by molar-refractivity contribution is -0.346. The number of hydrogen-bond donors (Lipinski definition) is 3. The number of fused-ring (bicyclic) bond motifs is 5. The van der Waals surface area contributed by atoms with Crippen molar-refractivity contribution in [2.75, 3.05) is 6.61 Å². The van der Waals surface area contributed by atoms with Crippen molar-refractivity contribution in [2.45, 2.75) is 238 Å². The molecule has 1 heterocycles. The Bertz CT molecular complexity index is 3550. The molecule has 2 aromatic rings. The first-order valence-electron chi connectivity index (χ1n) is 37.1. The molecule has 17 nitrogen and oxygen atoms in total. The predicted octanol–water partition coefficient (Wildman–Crippen LogP) is 17.5. The summed E-state index contributed by atoms with van der Waals surface area (Å²) in [7, 11) is 0. The number of aliphatic hydroxyl groups excluding tert-OH is 1. The van der Waals surface area contributed by atoms with Crippen molar-refractivity contribution in [3.63, 3.8) is 0 Å². The van der Waals surface area contributed by atoms with Gasteiger partial charge in [0.25, 0.3) is 0 Å². The van der Waals surface area contributed by atoms with Crippen LogP contribution in [-0.4, -0.2) is 106 Å². The molecule has 2 saturated carbocycles. The van der Waals surface area contributed by atoms with Crippen molar-refractivity contribution in [1.29, 1.82) is 0 Å². The van der Waals surface area contributed by atoms with Crippen LogP contribution in [0.2, 0.25) is 0 Å². The SMILES string of the molecule is CCC=CCC=CCC=CCC=CCC=CCC=CCCC(=O)OC1=C2C(C)C(OC(=O)C(O)C(NC(=O)OC(C)(C)C)c3ccccc3)CC(O)(C(OC(=O)c3ccccc3)C3C4(OC(C)=O)COC4CC(OC(=O)CCC=CCC=CCC=CCC=CCC=CCC=CCC)C3(C)C1=O)C2(C)C. The summed E-state index contributed by atoms with van der Waals surface area (Å²) in [5.74, 6) is -8.92. The molecule has 2 bridgehead atoms. The van der Waals surface area contributed by atoms with Crippen molar-refractivity contribution >= 4 is 41.7 Å². The summed E-state index contributed by atoms with van der Waals surface area (Å²) in [4.78, 5) is 103. The Kier molecular flexibility index (Phi) is 34.2. The lowest BCUT2D eigenvalue weighted by Crippen LogP contribution is -2.81. The van der Waals surface area contributed by atoms with Crippen LogP contribution < -0.4 is 5.32 Å². The number of rotatable bonds is 38. The van der Waals surface area contributed by atoms with Crippen LogP contribution in [0.1, 0.15) is 207 Å². The molecule has 2 aromatic carbocycles. The second kappa shape index (κ2) is 42.3. The molecular formula is C87H113NO16. The average Bonchev–Trinajstić information content (AvgIpc) is 0.668. The van der Waals surface area contributed by atoms with Crippen molar-refractivity contribution in [3.8, 4) is 0 Å². The summed E-state index contributed by atoms with van der Waals surface area (Å²) in [6.45, 7) is 16.3. The molecule has 1 aliphatic heterocycles. The maximum absolute atomic E-state index is 16.9. The molecule has 3 aliphatic carbocycles. The predicted molar refractivity (Wildman–Crippen MR) is 406 cm³/mol. The van der Waals surface area contributed by atoms with Crippen LogP contribution in [0.4, 0.5) is 4.79 Å². The normalized spacial score (nSPS) is 24.9. The van der Waals surface area contributed by atoms with Crippen LogP contribution >= 0.6 is 0 Å². The maximum Gasteiger partial charge on any atom is 0.408 e. The molecule has 0 spiro atoms. The van der Waals surface area contributed by atoms with E-state index in [0.717, 1.165) is 64.2 Å². The van der Waals surface area contributed by atoms with Crippen molar-refractivity contribution in [2.24, 2.45) is 22.7 Å². The van der Waals surface area contributed by atoms with E-state index in [1.165, 1.54) is 26.0 Å². The summed E-state index contributed by atoms with van der Waals surface area (Å²) in [6, 6.07) is 14.6. The lowest BCUT2D eigenvalue weighted by atomic mass is 9.45. The quantitative estimate of drug-likeness (QED) is 0.0322. The van der Waals surface area contributed by atoms with E-state index < -0.39 is 130 Å². The van der Waals surface area contributed by atoms with Gasteiger partial charge in [-0.05, 0) is 141 Å². The first-order valence-corrected chi connectivity index (χ1v) is 37.1. The van der Waals surface area contributed by atoms with Crippen molar-refractivity contribution < 1.29 is 76.9 Å². The molecule has 3 N–H and O–H groups in total. The Balaban J connectivity index is 1.35. The average molecular weight is 1430 g/mol. The number of ether oxygens (including phenoxy) is 7. The number of hydrogen-bond acceptors (Lipinski definition) is 16. The number of nitrogens with one attached hydrogen (secondary N) is 1. The Morgan fingerprint density at radius 3 is 1.49 bits per heavy atom. The summed E-state index contributed by atoms with van der Waals surface area (Å²) >= 11 is 0. The smallest absolute Gasteiger partial charge is 0.408 e. The van der Waals surface area contributed by atoms with E-state index in [2.05, 4.69) is 129 Å². The number of esters is 5. The number of amides is 1. The van der Waals surface area contributed by atoms with Crippen LogP contribution in [0.25, 0.3) is 0 Å². The first-order chi connectivity index (χ1) is 49.9. The second-order valence-corrected chi connectivity index (χ2v) is 28.5. The number of aliphatic hydroxyl groups is 2. The van der Waals surface area contributed by atoms with E-state index in [0.29, 0.717) is 18.4 Å². The largest absolute Gasteiger partial charge is 0.461 e. The Morgan fingerprint density at radius 2 is 1.06 bits per heavy atom. The number of allylic oxidation sites excluding steroid dienone is 25. The molecule has 0 radical (unpaired) electrons. The minimum Gasteiger partial charge on any atom is -0.461 e. The zero-order chi connectivity index (χ0) is 75.6. The number of benzene rings is 2. The molecule has 11 unspecified atom stereocenters. The van der Waals surface area contributed by atoms with E-state index >= 15 is 9.59 Å². The van der Waals surface area contributed by atoms with E-state index in [-0.39, 0.29) is 49.8 Å². The molecule has 3 fully saturated rings. The molecule has 104 heavy (non-hydrogen) atoms. The van der Waals surface area contributed by atoms with Crippen molar-refractivity contribution in [3.05, 3.63) is 229 Å². The zero-order valence-corrected chi connectivity index (χ0v) is 62.8. The number of alkyl carbamates (subject to hydrolysis) is 1. The molecule has 0 aromatic heterocycles. The van der Waals surface area contributed by atoms with Gasteiger partial charge < -0.3 is 48.7 Å². The van der Waals surface area contributed by atoms with Gasteiger partial charge in [-0.1, -0.05) is 229 Å². The van der Waals surface area contributed by atoms with Gasteiger partial charge >= 0.3 is 35.9 Å². The number of Topliss-reactive ketones (excluding diaryl/α,β-unsaturated/α-hetero) is 1. The van der Waals surface area contributed by atoms with E-state index in [9.17, 15) is 34.2 Å². The van der Waals surface area contributed by atoms with Gasteiger partial charge in [-0.2, -0.15) is 0 Å². The highest BCUT2D eigenvalue weighted by atomic mass is 16.6. The third-order valence-electron chi connectivity index (χ3n) is 19.3. The lowest BCUT2D eigenvalue weighted by Gasteiger charge is -2.67. The van der Waals surface area contributed by atoms with Gasteiger partial charge in [0.15, 0.2) is 17.5 Å². The Labute approximate surface area is 617 Å². The van der Waals surface area contributed by atoms with Gasteiger partial charge in [-0.15, -0.1) is 0 Å². The Hall–Kier alpha value is -8.77. The third kappa shape index (κ3) is 24.1. The van der Waals surface area contributed by atoms with Gasteiger partial charge in [0.2, 0.25) is 5.78 Å². The van der Waals surface area contributed by atoms with Crippen LogP contribution in [-0.2, 0) is 57.1 Å². The summed E-state index contributed by atoms with van der Waals surface area (Å²) in [6.07, 6.45) is 50.2. The van der Waals surface area contributed by atoms with Crippen LogP contribution in [0.5, 0.6) is 0 Å². The molecule has 562 valence electrons. The second-order valence-electron chi connectivity index (χ2n) is 28.5. The maximum atomic E-state index is 16.9. The highest BCUT2D eigenvalue weighted by Gasteiger charge is 2.79. The standard InChI is InChI=1S/C87H113NO16/c1-11-13-15-17-19-21-23-25-27-29-31-33-35-37-39-41-43-45-53-59-71(90)100-69-61-70-86(63-98-70,103-65(4)89)77-79(102-80(94)67-57-51-48-52-58-67)87(97)62-68(99-81(95)75(92)74(66-55-49-47-50-56-66)88-82(96)104-83(5,6)7)64(3)73(84(87,8)9)76(78(93)85(69,77)10)101-72(91)60-54-46-44-42-40-38-36-34-32-30-28-26-24-22-20-18-16-14-12-2/h13-16,19-22,25-28,31-34,37-40,43-52,55-58,64,68-70,74-75,77,79,92,97H,11-12,17-18,23-24,29-30,35-36,41-42,53-54,59-63H2,1-10H3,(H,88,96). The van der Waals surface area contributed by atoms with E-state index in [4.69, 9.17) is 33.2 Å². The van der Waals surface area contributed by atoms with Gasteiger partial charge in [0.1, 0.15) is 35.6 Å². The molecule has 17 heteroatoms. The Morgan fingerprint density at radius 1 is 0.615 bits per heavy atom. The van der Waals surface area contributed by atoms with Crippen molar-refractivity contribution in [1.82, 2.24) is 5.32 Å². The fourth-order valence-corrected chi connectivity index (χ4v) is 13.9. The molecule has 4 aliphatic rings. The van der Waals surface area contributed by atoms with Crippen LogP contribution in [0.3, 0.4) is 0 Å². The van der Waals surface area contributed by atoms with E-state index in [1.807, 2.05) is 36.5 Å². The minimum absolute atomic E-state index is 0.0333. The third-order valence-corrected chi connectivity index (χ3v) is 19.3. The molecular weight excluding hydrogens is 1310 g/mol. The van der Waals surface area contributed by atoms with Gasteiger partial charge in [0.05, 0.1) is 29.5 Å². The highest BCUT2D eigenvalue weighted by Crippen LogP contribution is 2.65. The summed E-state index contributed by atoms with van der Waals surface area (Å²) < 4.78 is 44.2. The number of carbonyl (C=O) groups is 7. The molecule has 1 saturated heterocycles. The summed E-state index contributed by atoms with van der Waals surface area (Å²) in [5.41, 5.74) is -9.07. The zero-order valence-electron chi connectivity index (χ0n) is 62.8. The van der Waals surface area contributed by atoms with Crippen LogP contribution in [0.15, 0.2) is 218 Å². The highest BCUT2D eigenvalue weighted by molar-refractivity contribution is 6.02. The van der Waals surface area contributed by atoms with Gasteiger partial charge in [-0.3, -0.25) is 19.2 Å². The monoisotopic (exact) mass is 1430 g/mol.